The molecule has 0 saturated carbocycles. The molecule has 7 heteroatoms. The highest BCUT2D eigenvalue weighted by Crippen LogP contribution is 2.18. The summed E-state index contributed by atoms with van der Waals surface area (Å²) in [5.74, 6) is -1.12. The van der Waals surface area contributed by atoms with Crippen LogP contribution in [0.1, 0.15) is 11.1 Å². The normalized spacial score (nSPS) is 11.4. The van der Waals surface area contributed by atoms with Gasteiger partial charge in [-0.15, -0.1) is 12.4 Å². The van der Waals surface area contributed by atoms with Crippen LogP contribution in [0.2, 0.25) is 0 Å². The molecule has 0 heterocycles. The number of aliphatic carboxylic acids is 1. The summed E-state index contributed by atoms with van der Waals surface area (Å²) < 4.78 is 0. The Labute approximate surface area is 104 Å². The molecule has 0 spiro atoms. The summed E-state index contributed by atoms with van der Waals surface area (Å²) in [6.07, 6.45) is 0.0862. The molecule has 1 aromatic carbocycles. The second-order valence-electron chi connectivity index (χ2n) is 3.52. The predicted molar refractivity (Wildman–Crippen MR) is 64.4 cm³/mol. The van der Waals surface area contributed by atoms with Crippen LogP contribution < -0.4 is 5.73 Å². The van der Waals surface area contributed by atoms with Crippen molar-refractivity contribution in [3.8, 4) is 0 Å². The molecule has 0 amide bonds. The number of nitro benzene ring substituents is 1. The van der Waals surface area contributed by atoms with Crippen molar-refractivity contribution in [3.05, 3.63) is 39.4 Å². The number of non-ortho nitro benzene ring substituents is 1. The summed E-state index contributed by atoms with van der Waals surface area (Å²) in [6, 6.07) is 3.28. The summed E-state index contributed by atoms with van der Waals surface area (Å²) in [5.41, 5.74) is 6.70. The fourth-order valence-corrected chi connectivity index (χ4v) is 1.32. The molecule has 0 aliphatic carbocycles. The first-order chi connectivity index (χ1) is 7.41. The number of hydrogen-bond donors (Lipinski definition) is 2. The number of aryl methyl sites for hydroxylation is 1. The minimum absolute atomic E-state index is 0. The zero-order valence-electron chi connectivity index (χ0n) is 9.12. The second-order valence-corrected chi connectivity index (χ2v) is 3.52. The first-order valence-electron chi connectivity index (χ1n) is 4.64. The fraction of sp³-hybridized carbons (Fsp3) is 0.300. The van der Waals surface area contributed by atoms with Crippen molar-refractivity contribution < 1.29 is 14.8 Å². The third-order valence-corrected chi connectivity index (χ3v) is 2.30. The van der Waals surface area contributed by atoms with Gasteiger partial charge in [0.15, 0.2) is 0 Å². The maximum Gasteiger partial charge on any atom is 0.320 e. The molecule has 17 heavy (non-hydrogen) atoms. The first kappa shape index (κ1) is 15.3. The molecule has 1 atom stereocenters. The largest absolute Gasteiger partial charge is 0.480 e. The van der Waals surface area contributed by atoms with Gasteiger partial charge in [-0.05, 0) is 24.5 Å². The van der Waals surface area contributed by atoms with Gasteiger partial charge < -0.3 is 10.8 Å². The highest BCUT2D eigenvalue weighted by Gasteiger charge is 2.15. The van der Waals surface area contributed by atoms with E-state index in [1.807, 2.05) is 0 Å². The fourth-order valence-electron chi connectivity index (χ4n) is 1.32. The molecular weight excluding hydrogens is 248 g/mol. The van der Waals surface area contributed by atoms with Crippen molar-refractivity contribution >= 4 is 24.1 Å². The third kappa shape index (κ3) is 4.01. The predicted octanol–water partition coefficient (Wildman–Crippen LogP) is 1.28. The summed E-state index contributed by atoms with van der Waals surface area (Å²) in [7, 11) is 0. The first-order valence-corrected chi connectivity index (χ1v) is 4.64. The number of rotatable bonds is 4. The van der Waals surface area contributed by atoms with Crippen molar-refractivity contribution in [1.29, 1.82) is 0 Å². The summed E-state index contributed by atoms with van der Waals surface area (Å²) in [6.45, 7) is 1.76. The van der Waals surface area contributed by atoms with Gasteiger partial charge in [0.05, 0.1) is 4.92 Å². The van der Waals surface area contributed by atoms with Crippen molar-refractivity contribution in [2.75, 3.05) is 0 Å². The number of benzene rings is 1. The molecule has 0 aromatic heterocycles. The molecular formula is C10H13ClN2O4. The van der Waals surface area contributed by atoms with Crippen LogP contribution in [-0.2, 0) is 11.2 Å². The average molecular weight is 261 g/mol. The zero-order chi connectivity index (χ0) is 12.3. The summed E-state index contributed by atoms with van der Waals surface area (Å²) in [4.78, 5) is 20.6. The maximum atomic E-state index is 10.6. The van der Waals surface area contributed by atoms with Crippen LogP contribution in [0.4, 0.5) is 5.69 Å². The van der Waals surface area contributed by atoms with Crippen LogP contribution >= 0.6 is 12.4 Å². The van der Waals surface area contributed by atoms with Crippen LogP contribution in [0.3, 0.4) is 0 Å². The van der Waals surface area contributed by atoms with Gasteiger partial charge >= 0.3 is 5.97 Å². The van der Waals surface area contributed by atoms with Gasteiger partial charge in [-0.25, -0.2) is 0 Å². The van der Waals surface area contributed by atoms with Gasteiger partial charge in [0.25, 0.3) is 5.69 Å². The lowest BCUT2D eigenvalue weighted by Crippen LogP contribution is -2.32. The molecule has 1 rings (SSSR count). The van der Waals surface area contributed by atoms with E-state index in [0.29, 0.717) is 5.56 Å². The molecule has 1 unspecified atom stereocenters. The molecule has 6 nitrogen and oxygen atoms in total. The number of hydrogen-bond acceptors (Lipinski definition) is 4. The molecule has 0 aliphatic heterocycles. The molecule has 0 radical (unpaired) electrons. The standard InChI is InChI=1S/C10H12N2O4.ClH/c1-6-2-3-8(12(15)16)4-7(6)5-9(11)10(13)14;/h2-4,9H,5,11H2,1H3,(H,13,14);1H. The van der Waals surface area contributed by atoms with Gasteiger partial charge in [0, 0.05) is 12.1 Å². The van der Waals surface area contributed by atoms with E-state index >= 15 is 0 Å². The molecule has 0 saturated heterocycles. The minimum Gasteiger partial charge on any atom is -0.480 e. The van der Waals surface area contributed by atoms with E-state index in [-0.39, 0.29) is 24.5 Å². The Morgan fingerprint density at radius 2 is 2.18 bits per heavy atom. The van der Waals surface area contributed by atoms with E-state index in [2.05, 4.69) is 0 Å². The topological polar surface area (TPSA) is 106 Å². The molecule has 3 N–H and O–H groups in total. The Balaban J connectivity index is 0.00000256. The van der Waals surface area contributed by atoms with E-state index < -0.39 is 16.9 Å². The smallest absolute Gasteiger partial charge is 0.320 e. The number of carbonyl (C=O) groups is 1. The highest BCUT2D eigenvalue weighted by molar-refractivity contribution is 5.85. The van der Waals surface area contributed by atoms with Crippen LogP contribution in [0.5, 0.6) is 0 Å². The summed E-state index contributed by atoms with van der Waals surface area (Å²) >= 11 is 0. The van der Waals surface area contributed by atoms with E-state index in [4.69, 9.17) is 10.8 Å². The van der Waals surface area contributed by atoms with Gasteiger partial charge in [0.1, 0.15) is 6.04 Å². The van der Waals surface area contributed by atoms with E-state index in [1.165, 1.54) is 12.1 Å². The minimum atomic E-state index is -1.12. The zero-order valence-corrected chi connectivity index (χ0v) is 9.94. The lowest BCUT2D eigenvalue weighted by Gasteiger charge is -2.08. The quantitative estimate of drug-likeness (QED) is 0.626. The lowest BCUT2D eigenvalue weighted by atomic mass is 10.0. The number of carboxylic acid groups (broad SMARTS) is 1. The van der Waals surface area contributed by atoms with Crippen molar-refractivity contribution in [3.63, 3.8) is 0 Å². The van der Waals surface area contributed by atoms with Gasteiger partial charge in [-0.3, -0.25) is 14.9 Å². The monoisotopic (exact) mass is 260 g/mol. The summed E-state index contributed by atoms with van der Waals surface area (Å²) in [5, 5.41) is 19.2. The Morgan fingerprint density at radius 1 is 1.59 bits per heavy atom. The Kier molecular flexibility index (Phi) is 5.57. The molecule has 1 aromatic rings. The third-order valence-electron chi connectivity index (χ3n) is 2.30. The molecule has 0 bridgehead atoms. The number of carboxylic acids is 1. The van der Waals surface area contributed by atoms with Gasteiger partial charge in [0.2, 0.25) is 0 Å². The Morgan fingerprint density at radius 3 is 2.65 bits per heavy atom. The van der Waals surface area contributed by atoms with Crippen LogP contribution in [0.25, 0.3) is 0 Å². The maximum absolute atomic E-state index is 10.6. The molecule has 0 aliphatic rings. The molecule has 94 valence electrons. The van der Waals surface area contributed by atoms with Crippen LogP contribution in [-0.4, -0.2) is 22.0 Å². The van der Waals surface area contributed by atoms with E-state index in [9.17, 15) is 14.9 Å². The molecule has 0 fully saturated rings. The van der Waals surface area contributed by atoms with E-state index in [0.717, 1.165) is 5.56 Å². The number of nitro groups is 1. The van der Waals surface area contributed by atoms with Crippen molar-refractivity contribution in [2.45, 2.75) is 19.4 Å². The van der Waals surface area contributed by atoms with Gasteiger partial charge in [-0.2, -0.15) is 0 Å². The van der Waals surface area contributed by atoms with Crippen LogP contribution in [0, 0.1) is 17.0 Å². The lowest BCUT2D eigenvalue weighted by molar-refractivity contribution is -0.384. The number of nitrogens with zero attached hydrogens (tertiary/aromatic N) is 1. The average Bonchev–Trinajstić information content (AvgIpc) is 2.20. The second kappa shape index (κ2) is 6.17. The number of halogens is 1. The van der Waals surface area contributed by atoms with Gasteiger partial charge in [-0.1, -0.05) is 6.07 Å². The van der Waals surface area contributed by atoms with Crippen LogP contribution in [0.15, 0.2) is 18.2 Å². The number of nitrogens with two attached hydrogens (primary N) is 1. The Hall–Kier alpha value is -1.66. The van der Waals surface area contributed by atoms with E-state index in [1.54, 1.807) is 13.0 Å². The van der Waals surface area contributed by atoms with Crippen molar-refractivity contribution in [2.24, 2.45) is 5.73 Å². The highest BCUT2D eigenvalue weighted by atomic mass is 35.5. The SMILES string of the molecule is Cc1ccc([N+](=O)[O-])cc1CC(N)C(=O)O.Cl. The van der Waals surface area contributed by atoms with Crippen molar-refractivity contribution in [1.82, 2.24) is 0 Å². The Bertz CT molecular complexity index is 436.